The van der Waals surface area contributed by atoms with E-state index < -0.39 is 0 Å². The topological polar surface area (TPSA) is 57.9 Å². The number of hydrogen-bond donors (Lipinski definition) is 0. The fraction of sp³-hybridized carbons (Fsp3) is 0.444. The third-order valence-electron chi connectivity index (χ3n) is 7.40. The molecule has 2 amide bonds. The molecule has 1 aromatic carbocycles. The number of rotatable bonds is 3. The zero-order chi connectivity index (χ0) is 22.9. The van der Waals surface area contributed by atoms with Crippen molar-refractivity contribution in [3.63, 3.8) is 0 Å². The predicted molar refractivity (Wildman–Crippen MR) is 129 cm³/mol. The summed E-state index contributed by atoms with van der Waals surface area (Å²) in [7, 11) is 0. The molecule has 172 valence electrons. The SMILES string of the molecule is Cc1ccc(C(=O)N2CCC(c3ccn4ncc(C(=O)N5CCC(C)CC5)c4c3)CC2)cc1. The van der Waals surface area contributed by atoms with Crippen molar-refractivity contribution in [2.24, 2.45) is 5.92 Å². The lowest BCUT2D eigenvalue weighted by Crippen LogP contribution is -2.38. The number of likely N-dealkylation sites (tertiary alicyclic amines) is 2. The number of carbonyl (C=O) groups excluding carboxylic acids is 2. The molecule has 2 aliphatic heterocycles. The Morgan fingerprint density at radius 2 is 1.52 bits per heavy atom. The number of carbonyl (C=O) groups is 2. The molecule has 0 radical (unpaired) electrons. The van der Waals surface area contributed by atoms with Gasteiger partial charge >= 0.3 is 0 Å². The summed E-state index contributed by atoms with van der Waals surface area (Å²) < 4.78 is 1.80. The van der Waals surface area contributed by atoms with Gasteiger partial charge in [-0.05, 0) is 74.3 Å². The van der Waals surface area contributed by atoms with Crippen molar-refractivity contribution in [2.45, 2.75) is 45.4 Å². The molecule has 2 saturated heterocycles. The van der Waals surface area contributed by atoms with Crippen LogP contribution in [0.25, 0.3) is 5.52 Å². The minimum Gasteiger partial charge on any atom is -0.339 e. The quantitative estimate of drug-likeness (QED) is 0.596. The van der Waals surface area contributed by atoms with Crippen molar-refractivity contribution in [3.8, 4) is 0 Å². The third-order valence-corrected chi connectivity index (χ3v) is 7.40. The monoisotopic (exact) mass is 444 g/mol. The molecule has 4 heterocycles. The Labute approximate surface area is 195 Å². The van der Waals surface area contributed by atoms with Crippen molar-refractivity contribution < 1.29 is 9.59 Å². The van der Waals surface area contributed by atoms with Crippen LogP contribution >= 0.6 is 0 Å². The Morgan fingerprint density at radius 3 is 2.21 bits per heavy atom. The van der Waals surface area contributed by atoms with Crippen molar-refractivity contribution >= 4 is 17.3 Å². The van der Waals surface area contributed by atoms with E-state index in [0.717, 1.165) is 68.5 Å². The summed E-state index contributed by atoms with van der Waals surface area (Å²) in [5.74, 6) is 1.27. The van der Waals surface area contributed by atoms with Crippen LogP contribution in [0.2, 0.25) is 0 Å². The summed E-state index contributed by atoms with van der Waals surface area (Å²) in [5, 5.41) is 4.43. The fourth-order valence-electron chi connectivity index (χ4n) is 5.09. The Bertz CT molecular complexity index is 1150. The van der Waals surface area contributed by atoms with Crippen LogP contribution in [0.15, 0.2) is 48.8 Å². The van der Waals surface area contributed by atoms with Crippen LogP contribution in [0.4, 0.5) is 0 Å². The van der Waals surface area contributed by atoms with Crippen LogP contribution in [0.1, 0.15) is 70.4 Å². The molecule has 0 N–H and O–H groups in total. The van der Waals surface area contributed by atoms with Gasteiger partial charge in [-0.2, -0.15) is 5.10 Å². The van der Waals surface area contributed by atoms with E-state index in [1.165, 1.54) is 5.56 Å². The molecule has 6 heteroatoms. The van der Waals surface area contributed by atoms with Crippen molar-refractivity contribution in [1.29, 1.82) is 0 Å². The summed E-state index contributed by atoms with van der Waals surface area (Å²) in [6.07, 6.45) is 7.66. The zero-order valence-electron chi connectivity index (χ0n) is 19.5. The number of nitrogens with zero attached hydrogens (tertiary/aromatic N) is 4. The molecule has 2 fully saturated rings. The molecular formula is C27H32N4O2. The van der Waals surface area contributed by atoms with Gasteiger partial charge in [0.2, 0.25) is 0 Å². The maximum atomic E-state index is 13.2. The predicted octanol–water partition coefficient (Wildman–Crippen LogP) is 4.53. The normalized spacial score (nSPS) is 18.1. The first-order chi connectivity index (χ1) is 16.0. The molecule has 0 spiro atoms. The van der Waals surface area contributed by atoms with Gasteiger partial charge in [-0.15, -0.1) is 0 Å². The van der Waals surface area contributed by atoms with Gasteiger partial charge in [0.05, 0.1) is 17.3 Å². The number of hydrogen-bond acceptors (Lipinski definition) is 3. The molecule has 2 aromatic heterocycles. The van der Waals surface area contributed by atoms with Crippen LogP contribution < -0.4 is 0 Å². The molecule has 3 aromatic rings. The zero-order valence-corrected chi connectivity index (χ0v) is 19.5. The van der Waals surface area contributed by atoms with Gasteiger partial charge in [-0.25, -0.2) is 4.52 Å². The Hall–Kier alpha value is -3.15. The fourth-order valence-corrected chi connectivity index (χ4v) is 5.09. The molecule has 0 aliphatic carbocycles. The Morgan fingerprint density at radius 1 is 0.879 bits per heavy atom. The van der Waals surface area contributed by atoms with Crippen LogP contribution in [0.3, 0.4) is 0 Å². The molecular weight excluding hydrogens is 412 g/mol. The molecule has 0 unspecified atom stereocenters. The van der Waals surface area contributed by atoms with Crippen LogP contribution in [0, 0.1) is 12.8 Å². The van der Waals surface area contributed by atoms with E-state index in [-0.39, 0.29) is 11.8 Å². The number of benzene rings is 1. The first-order valence-corrected chi connectivity index (χ1v) is 12.1. The van der Waals surface area contributed by atoms with Gasteiger partial charge in [0.25, 0.3) is 11.8 Å². The number of amides is 2. The van der Waals surface area contributed by atoms with Crippen molar-refractivity contribution in [1.82, 2.24) is 19.4 Å². The van der Waals surface area contributed by atoms with Gasteiger partial charge < -0.3 is 9.80 Å². The maximum Gasteiger partial charge on any atom is 0.257 e. The minimum absolute atomic E-state index is 0.0903. The van der Waals surface area contributed by atoms with E-state index in [4.69, 9.17) is 0 Å². The van der Waals surface area contributed by atoms with Gasteiger partial charge in [-0.1, -0.05) is 24.6 Å². The highest BCUT2D eigenvalue weighted by Gasteiger charge is 2.27. The first kappa shape index (κ1) is 21.7. The number of fused-ring (bicyclic) bond motifs is 1. The summed E-state index contributed by atoms with van der Waals surface area (Å²) in [6, 6.07) is 12.1. The summed E-state index contributed by atoms with van der Waals surface area (Å²) in [6.45, 7) is 7.43. The molecule has 2 aliphatic rings. The molecule has 0 bridgehead atoms. The van der Waals surface area contributed by atoms with Gasteiger partial charge in [-0.3, -0.25) is 9.59 Å². The number of piperidine rings is 2. The summed E-state index contributed by atoms with van der Waals surface area (Å²) in [5.41, 5.74) is 4.72. The first-order valence-electron chi connectivity index (χ1n) is 12.1. The second-order valence-electron chi connectivity index (χ2n) is 9.76. The lowest BCUT2D eigenvalue weighted by atomic mass is 9.89. The van der Waals surface area contributed by atoms with E-state index in [2.05, 4.69) is 24.2 Å². The molecule has 6 nitrogen and oxygen atoms in total. The lowest BCUT2D eigenvalue weighted by Gasteiger charge is -2.32. The molecule has 0 atom stereocenters. The van der Waals surface area contributed by atoms with Gasteiger partial charge in [0.1, 0.15) is 0 Å². The van der Waals surface area contributed by atoms with E-state index in [0.29, 0.717) is 17.4 Å². The minimum atomic E-state index is 0.0903. The Balaban J connectivity index is 1.29. The van der Waals surface area contributed by atoms with E-state index in [1.54, 1.807) is 10.7 Å². The number of pyridine rings is 1. The molecule has 0 saturated carbocycles. The summed E-state index contributed by atoms with van der Waals surface area (Å²) >= 11 is 0. The smallest absolute Gasteiger partial charge is 0.257 e. The highest BCUT2D eigenvalue weighted by atomic mass is 16.2. The average Bonchev–Trinajstić information content (AvgIpc) is 3.27. The van der Waals surface area contributed by atoms with Crippen LogP contribution in [-0.2, 0) is 0 Å². The van der Waals surface area contributed by atoms with Crippen LogP contribution in [0.5, 0.6) is 0 Å². The lowest BCUT2D eigenvalue weighted by molar-refractivity contribution is 0.0695. The molecule has 33 heavy (non-hydrogen) atoms. The van der Waals surface area contributed by atoms with Crippen LogP contribution in [-0.4, -0.2) is 57.4 Å². The second kappa shape index (κ2) is 9.00. The molecule has 5 rings (SSSR count). The number of aryl methyl sites for hydroxylation is 1. The highest BCUT2D eigenvalue weighted by molar-refractivity contribution is 6.00. The van der Waals surface area contributed by atoms with Crippen molar-refractivity contribution in [3.05, 3.63) is 71.0 Å². The standard InChI is InChI=1S/C27H32N4O2/c1-19-3-5-22(6-4-19)26(32)29-14-9-21(10-15-29)23-11-16-31-25(17-23)24(18-28-31)27(33)30-12-7-20(2)8-13-30/h3-6,11,16-18,20-21H,7-10,12-15H2,1-2H3. The van der Waals surface area contributed by atoms with E-state index >= 15 is 0 Å². The summed E-state index contributed by atoms with van der Waals surface area (Å²) in [4.78, 5) is 30.0. The van der Waals surface area contributed by atoms with Crippen molar-refractivity contribution in [2.75, 3.05) is 26.2 Å². The number of aromatic nitrogens is 2. The van der Waals surface area contributed by atoms with E-state index in [9.17, 15) is 9.59 Å². The van der Waals surface area contributed by atoms with Gasteiger partial charge in [0.15, 0.2) is 0 Å². The largest absolute Gasteiger partial charge is 0.339 e. The maximum absolute atomic E-state index is 13.2. The average molecular weight is 445 g/mol. The van der Waals surface area contributed by atoms with Gasteiger partial charge in [0, 0.05) is 37.9 Å². The van der Waals surface area contributed by atoms with E-state index in [1.807, 2.05) is 47.2 Å². The second-order valence-corrected chi connectivity index (χ2v) is 9.76. The third kappa shape index (κ3) is 4.39. The highest BCUT2D eigenvalue weighted by Crippen LogP contribution is 2.30. The Kier molecular flexibility index (Phi) is 5.92.